The van der Waals surface area contributed by atoms with Crippen LogP contribution in [-0.4, -0.2) is 35.7 Å². The molecule has 0 amide bonds. The lowest BCUT2D eigenvalue weighted by Crippen LogP contribution is -2.34. The highest BCUT2D eigenvalue weighted by Gasteiger charge is 2.31. The molecule has 164 valence electrons. The fraction of sp³-hybridized carbons (Fsp3) is 0.111. The SMILES string of the molecule is CNC(=S)NN=C(C(=NNC(=S)NC)c1c(F)c(F)c(F)c(F)c1F)c1ccccc1. The van der Waals surface area contributed by atoms with Gasteiger partial charge in [0.15, 0.2) is 33.5 Å². The van der Waals surface area contributed by atoms with E-state index >= 15 is 0 Å². The van der Waals surface area contributed by atoms with Gasteiger partial charge in [0.2, 0.25) is 5.82 Å². The second-order valence-electron chi connectivity index (χ2n) is 5.61. The van der Waals surface area contributed by atoms with Crippen LogP contribution in [0.25, 0.3) is 0 Å². The molecule has 6 nitrogen and oxygen atoms in total. The van der Waals surface area contributed by atoms with Crippen molar-refractivity contribution in [1.82, 2.24) is 21.5 Å². The number of hydrazone groups is 2. The van der Waals surface area contributed by atoms with E-state index in [1.807, 2.05) is 0 Å². The van der Waals surface area contributed by atoms with E-state index in [2.05, 4.69) is 31.7 Å². The fourth-order valence-electron chi connectivity index (χ4n) is 2.22. The van der Waals surface area contributed by atoms with Gasteiger partial charge in [-0.15, -0.1) is 0 Å². The quantitative estimate of drug-likeness (QED) is 0.133. The summed E-state index contributed by atoms with van der Waals surface area (Å²) in [6.45, 7) is 0. The molecule has 4 N–H and O–H groups in total. The summed E-state index contributed by atoms with van der Waals surface area (Å²) in [5.41, 5.74) is 2.60. The smallest absolute Gasteiger partial charge is 0.200 e. The number of thiocarbonyl (C=S) groups is 2. The van der Waals surface area contributed by atoms with Crippen molar-refractivity contribution in [2.45, 2.75) is 0 Å². The van der Waals surface area contributed by atoms with E-state index < -0.39 is 40.4 Å². The molecule has 0 radical (unpaired) electrons. The molecule has 0 spiro atoms. The summed E-state index contributed by atoms with van der Waals surface area (Å²) in [6.07, 6.45) is 0. The molecule has 2 rings (SSSR count). The van der Waals surface area contributed by atoms with Crippen molar-refractivity contribution in [3.8, 4) is 0 Å². The highest BCUT2D eigenvalue weighted by molar-refractivity contribution is 7.80. The van der Waals surface area contributed by atoms with Crippen molar-refractivity contribution in [2.75, 3.05) is 14.1 Å². The van der Waals surface area contributed by atoms with Gasteiger partial charge in [-0.3, -0.25) is 10.9 Å². The Morgan fingerprint density at radius 1 is 0.677 bits per heavy atom. The van der Waals surface area contributed by atoms with Crippen LogP contribution in [0.2, 0.25) is 0 Å². The number of hydrogen-bond donors (Lipinski definition) is 4. The van der Waals surface area contributed by atoms with E-state index in [1.54, 1.807) is 18.2 Å². The first-order valence-corrected chi connectivity index (χ1v) is 9.22. The zero-order valence-electron chi connectivity index (χ0n) is 16.0. The van der Waals surface area contributed by atoms with Gasteiger partial charge >= 0.3 is 0 Å². The monoisotopic (exact) mass is 474 g/mol. The largest absolute Gasteiger partial charge is 0.364 e. The minimum Gasteiger partial charge on any atom is -0.364 e. The maximum Gasteiger partial charge on any atom is 0.200 e. The van der Waals surface area contributed by atoms with E-state index in [-0.39, 0.29) is 21.5 Å². The van der Waals surface area contributed by atoms with E-state index in [0.717, 1.165) is 0 Å². The molecule has 0 fully saturated rings. The molecule has 0 heterocycles. The van der Waals surface area contributed by atoms with Gasteiger partial charge < -0.3 is 10.6 Å². The summed E-state index contributed by atoms with van der Waals surface area (Å²) in [4.78, 5) is 0. The predicted octanol–water partition coefficient (Wildman–Crippen LogP) is 2.68. The first-order chi connectivity index (χ1) is 14.7. The van der Waals surface area contributed by atoms with Gasteiger partial charge in [-0.1, -0.05) is 30.3 Å². The van der Waals surface area contributed by atoms with Crippen molar-refractivity contribution in [1.29, 1.82) is 0 Å². The number of hydrogen-bond acceptors (Lipinski definition) is 4. The Balaban J connectivity index is 2.84. The average molecular weight is 474 g/mol. The molecule has 2 aromatic carbocycles. The Hall–Kier alpha value is -3.19. The maximum atomic E-state index is 14.6. The lowest BCUT2D eigenvalue weighted by Gasteiger charge is -2.15. The number of nitrogens with one attached hydrogen (secondary N) is 4. The number of halogens is 5. The van der Waals surface area contributed by atoms with Gasteiger partial charge in [-0.05, 0) is 24.4 Å². The van der Waals surface area contributed by atoms with Gasteiger partial charge in [0.05, 0.1) is 5.56 Å². The Labute approximate surface area is 184 Å². The molecule has 13 heteroatoms. The zero-order valence-corrected chi connectivity index (χ0v) is 17.6. The Kier molecular flexibility index (Phi) is 8.33. The summed E-state index contributed by atoms with van der Waals surface area (Å²) in [5.74, 6) is -10.8. The average Bonchev–Trinajstić information content (AvgIpc) is 2.79. The van der Waals surface area contributed by atoms with Crippen LogP contribution in [0.3, 0.4) is 0 Å². The summed E-state index contributed by atoms with van der Waals surface area (Å²) in [6, 6.07) is 7.77. The van der Waals surface area contributed by atoms with E-state index in [1.165, 1.54) is 26.2 Å². The first kappa shape index (κ1) is 24.1. The minimum atomic E-state index is -2.30. The van der Waals surface area contributed by atoms with Gasteiger partial charge in [0.1, 0.15) is 11.4 Å². The molecule has 0 unspecified atom stereocenters. The molecule has 0 aliphatic carbocycles. The van der Waals surface area contributed by atoms with E-state index in [4.69, 9.17) is 24.4 Å². The number of benzene rings is 2. The van der Waals surface area contributed by atoms with Gasteiger partial charge in [-0.2, -0.15) is 10.2 Å². The summed E-state index contributed by atoms with van der Waals surface area (Å²) < 4.78 is 70.6. The summed E-state index contributed by atoms with van der Waals surface area (Å²) >= 11 is 9.81. The minimum absolute atomic E-state index is 0.0175. The Bertz CT molecular complexity index is 1030. The zero-order chi connectivity index (χ0) is 23.1. The first-order valence-electron chi connectivity index (χ1n) is 8.41. The molecule has 0 aromatic heterocycles. The lowest BCUT2D eigenvalue weighted by atomic mass is 9.98. The fourth-order valence-corrected chi connectivity index (χ4v) is 2.31. The third kappa shape index (κ3) is 5.49. The normalized spacial score (nSPS) is 11.7. The summed E-state index contributed by atoms with van der Waals surface area (Å²) in [5, 5.41) is 12.7. The predicted molar refractivity (Wildman–Crippen MR) is 115 cm³/mol. The van der Waals surface area contributed by atoms with Crippen molar-refractivity contribution < 1.29 is 22.0 Å². The van der Waals surface area contributed by atoms with Crippen molar-refractivity contribution in [3.63, 3.8) is 0 Å². The van der Waals surface area contributed by atoms with Crippen molar-refractivity contribution >= 4 is 46.1 Å². The Morgan fingerprint density at radius 3 is 1.55 bits per heavy atom. The molecule has 31 heavy (non-hydrogen) atoms. The third-order valence-electron chi connectivity index (χ3n) is 3.71. The maximum absolute atomic E-state index is 14.6. The highest BCUT2D eigenvalue weighted by Crippen LogP contribution is 2.25. The molecule has 0 aliphatic rings. The van der Waals surface area contributed by atoms with Crippen LogP contribution >= 0.6 is 24.4 Å². The second-order valence-corrected chi connectivity index (χ2v) is 6.43. The standard InChI is InChI=1S/C18H15F5N6S2/c1-24-17(30)28-26-15(8-6-4-3-5-7-8)16(27-29-18(31)25-2)9-10(19)12(21)14(23)13(22)11(9)20/h3-7H,1-2H3,(H2,24,28,30)(H2,25,29,31). The van der Waals surface area contributed by atoms with Gasteiger partial charge in [0, 0.05) is 19.7 Å². The van der Waals surface area contributed by atoms with Gasteiger partial charge in [0.25, 0.3) is 0 Å². The molecular weight excluding hydrogens is 459 g/mol. The Morgan fingerprint density at radius 2 is 1.10 bits per heavy atom. The number of nitrogens with zero attached hydrogens (tertiary/aromatic N) is 2. The van der Waals surface area contributed by atoms with E-state index in [9.17, 15) is 22.0 Å². The summed E-state index contributed by atoms with van der Waals surface area (Å²) in [7, 11) is 2.92. The molecular formula is C18H15F5N6S2. The van der Waals surface area contributed by atoms with Crippen LogP contribution in [0.15, 0.2) is 40.5 Å². The van der Waals surface area contributed by atoms with Crippen LogP contribution in [-0.2, 0) is 0 Å². The topological polar surface area (TPSA) is 72.8 Å². The van der Waals surface area contributed by atoms with Crippen LogP contribution in [0, 0.1) is 29.1 Å². The molecule has 0 saturated carbocycles. The third-order valence-corrected chi connectivity index (χ3v) is 4.30. The molecule has 0 aliphatic heterocycles. The second kappa shape index (κ2) is 10.7. The highest BCUT2D eigenvalue weighted by atomic mass is 32.1. The molecule has 0 bridgehead atoms. The van der Waals surface area contributed by atoms with E-state index in [0.29, 0.717) is 0 Å². The molecule has 0 saturated heterocycles. The van der Waals surface area contributed by atoms with Gasteiger partial charge in [-0.25, -0.2) is 22.0 Å². The van der Waals surface area contributed by atoms with Crippen LogP contribution < -0.4 is 21.5 Å². The van der Waals surface area contributed by atoms with Crippen molar-refractivity contribution in [2.24, 2.45) is 10.2 Å². The lowest BCUT2D eigenvalue weighted by molar-refractivity contribution is 0.377. The number of rotatable bonds is 5. The molecule has 2 aromatic rings. The molecule has 0 atom stereocenters. The van der Waals surface area contributed by atoms with Crippen molar-refractivity contribution in [3.05, 3.63) is 70.5 Å². The van der Waals surface area contributed by atoms with Crippen LogP contribution in [0.5, 0.6) is 0 Å². The van der Waals surface area contributed by atoms with Crippen LogP contribution in [0.1, 0.15) is 11.1 Å². The van der Waals surface area contributed by atoms with Crippen LogP contribution in [0.4, 0.5) is 22.0 Å².